The Hall–Kier alpha value is -1.46. The molecule has 1 fully saturated rings. The molecule has 0 spiro atoms. The van der Waals surface area contributed by atoms with Gasteiger partial charge in [-0.05, 0) is 31.4 Å². The quantitative estimate of drug-likeness (QED) is 0.869. The lowest BCUT2D eigenvalue weighted by molar-refractivity contribution is -0.119. The first-order chi connectivity index (χ1) is 10.1. The predicted octanol–water partition coefficient (Wildman–Crippen LogP) is 1.71. The van der Waals surface area contributed by atoms with Gasteiger partial charge in [0.25, 0.3) is 0 Å². The second kappa shape index (κ2) is 7.52. The summed E-state index contributed by atoms with van der Waals surface area (Å²) < 4.78 is 13.7. The third-order valence-electron chi connectivity index (χ3n) is 3.94. The zero-order chi connectivity index (χ0) is 15.2. The van der Waals surface area contributed by atoms with Crippen LogP contribution in [-0.2, 0) is 4.79 Å². The number of nitrogens with zero attached hydrogens (tertiary/aromatic N) is 1. The van der Waals surface area contributed by atoms with Crippen LogP contribution in [0.15, 0.2) is 24.3 Å². The third kappa shape index (κ3) is 4.79. The SMILES string of the molecule is CC(=O)NCC1CCCN(CC(O)c2ccccc2F)C1. The number of nitrogens with one attached hydrogen (secondary N) is 1. The number of likely N-dealkylation sites (tertiary alicyclic amines) is 1. The molecule has 21 heavy (non-hydrogen) atoms. The molecule has 0 aliphatic carbocycles. The summed E-state index contributed by atoms with van der Waals surface area (Å²) in [7, 11) is 0. The monoisotopic (exact) mass is 294 g/mol. The first-order valence-electron chi connectivity index (χ1n) is 7.45. The van der Waals surface area contributed by atoms with Crippen LogP contribution in [0.3, 0.4) is 0 Å². The fourth-order valence-electron chi connectivity index (χ4n) is 2.86. The number of hydrogen-bond acceptors (Lipinski definition) is 3. The van der Waals surface area contributed by atoms with Crippen LogP contribution < -0.4 is 5.32 Å². The topological polar surface area (TPSA) is 52.6 Å². The van der Waals surface area contributed by atoms with E-state index in [0.717, 1.165) is 25.9 Å². The van der Waals surface area contributed by atoms with E-state index in [2.05, 4.69) is 10.2 Å². The molecule has 1 aliphatic rings. The van der Waals surface area contributed by atoms with E-state index in [1.807, 2.05) is 0 Å². The molecule has 2 unspecified atom stereocenters. The van der Waals surface area contributed by atoms with E-state index in [9.17, 15) is 14.3 Å². The van der Waals surface area contributed by atoms with Crippen molar-refractivity contribution in [2.45, 2.75) is 25.9 Å². The largest absolute Gasteiger partial charge is 0.387 e. The van der Waals surface area contributed by atoms with Gasteiger partial charge in [0, 0.05) is 32.1 Å². The number of piperidine rings is 1. The maximum absolute atomic E-state index is 13.7. The van der Waals surface area contributed by atoms with Crippen molar-refractivity contribution < 1.29 is 14.3 Å². The highest BCUT2D eigenvalue weighted by Crippen LogP contribution is 2.21. The van der Waals surface area contributed by atoms with E-state index in [0.29, 0.717) is 24.6 Å². The molecule has 0 radical (unpaired) electrons. The van der Waals surface area contributed by atoms with Crippen LogP contribution in [0.4, 0.5) is 4.39 Å². The number of benzene rings is 1. The molecule has 1 amide bonds. The highest BCUT2D eigenvalue weighted by atomic mass is 19.1. The van der Waals surface area contributed by atoms with Gasteiger partial charge >= 0.3 is 0 Å². The number of β-amino-alcohol motifs (C(OH)–C–C–N with tert-alkyl or cyclic N) is 1. The van der Waals surface area contributed by atoms with E-state index in [1.165, 1.54) is 13.0 Å². The summed E-state index contributed by atoms with van der Waals surface area (Å²) in [5, 5.41) is 13.0. The summed E-state index contributed by atoms with van der Waals surface area (Å²) in [4.78, 5) is 13.1. The molecule has 116 valence electrons. The Balaban J connectivity index is 1.87. The van der Waals surface area contributed by atoms with Gasteiger partial charge in [0.1, 0.15) is 5.82 Å². The smallest absolute Gasteiger partial charge is 0.216 e. The summed E-state index contributed by atoms with van der Waals surface area (Å²) in [5.41, 5.74) is 0.349. The molecule has 0 bridgehead atoms. The molecule has 0 saturated carbocycles. The average Bonchev–Trinajstić information content (AvgIpc) is 2.46. The number of hydrogen-bond donors (Lipinski definition) is 2. The zero-order valence-electron chi connectivity index (χ0n) is 12.4. The summed E-state index contributed by atoms with van der Waals surface area (Å²) in [6.45, 7) is 4.34. The van der Waals surface area contributed by atoms with Crippen LogP contribution in [0.2, 0.25) is 0 Å². The van der Waals surface area contributed by atoms with E-state index in [-0.39, 0.29) is 11.7 Å². The van der Waals surface area contributed by atoms with Crippen molar-refractivity contribution in [1.29, 1.82) is 0 Å². The Bertz CT molecular complexity index is 481. The minimum absolute atomic E-state index is 0.0153. The van der Waals surface area contributed by atoms with Crippen molar-refractivity contribution in [3.8, 4) is 0 Å². The standard InChI is InChI=1S/C16H23FN2O2/c1-12(20)18-9-13-5-4-8-19(10-13)11-16(21)14-6-2-3-7-15(14)17/h2-3,6-7,13,16,21H,4-5,8-11H2,1H3,(H,18,20). The van der Waals surface area contributed by atoms with Crippen molar-refractivity contribution in [3.63, 3.8) is 0 Å². The highest BCUT2D eigenvalue weighted by molar-refractivity contribution is 5.72. The van der Waals surface area contributed by atoms with Crippen LogP contribution >= 0.6 is 0 Å². The van der Waals surface area contributed by atoms with Crippen LogP contribution in [0.5, 0.6) is 0 Å². The highest BCUT2D eigenvalue weighted by Gasteiger charge is 2.23. The molecule has 1 aromatic rings. The molecule has 1 aromatic carbocycles. The van der Waals surface area contributed by atoms with Gasteiger partial charge in [-0.3, -0.25) is 4.79 Å². The summed E-state index contributed by atoms with van der Waals surface area (Å²) >= 11 is 0. The second-order valence-corrected chi connectivity index (χ2v) is 5.74. The van der Waals surface area contributed by atoms with Gasteiger partial charge in [-0.2, -0.15) is 0 Å². The molecule has 5 heteroatoms. The number of halogens is 1. The number of rotatable bonds is 5. The number of carbonyl (C=O) groups excluding carboxylic acids is 1. The van der Waals surface area contributed by atoms with E-state index in [4.69, 9.17) is 0 Å². The molecule has 2 rings (SSSR count). The van der Waals surface area contributed by atoms with E-state index >= 15 is 0 Å². The molecule has 1 heterocycles. The maximum atomic E-state index is 13.7. The Labute approximate surface area is 125 Å². The van der Waals surface area contributed by atoms with Crippen LogP contribution in [0.1, 0.15) is 31.4 Å². The summed E-state index contributed by atoms with van der Waals surface area (Å²) in [6, 6.07) is 6.35. The van der Waals surface area contributed by atoms with Gasteiger partial charge in [0.2, 0.25) is 5.91 Å². The Morgan fingerprint density at radius 2 is 2.29 bits per heavy atom. The normalized spacial score (nSPS) is 21.0. The Kier molecular flexibility index (Phi) is 5.70. The summed E-state index contributed by atoms with van der Waals surface area (Å²) in [5.74, 6) is 0.0193. The molecule has 1 aliphatic heterocycles. The Morgan fingerprint density at radius 1 is 1.52 bits per heavy atom. The second-order valence-electron chi connectivity index (χ2n) is 5.74. The van der Waals surface area contributed by atoms with Crippen LogP contribution in [0, 0.1) is 11.7 Å². The van der Waals surface area contributed by atoms with Gasteiger partial charge < -0.3 is 15.3 Å². The van der Waals surface area contributed by atoms with E-state index in [1.54, 1.807) is 18.2 Å². The summed E-state index contributed by atoms with van der Waals surface area (Å²) in [6.07, 6.45) is 1.30. The minimum Gasteiger partial charge on any atom is -0.387 e. The van der Waals surface area contributed by atoms with Crippen molar-refractivity contribution in [2.75, 3.05) is 26.2 Å². The molecule has 0 aromatic heterocycles. The van der Waals surface area contributed by atoms with Gasteiger partial charge in [-0.15, -0.1) is 0 Å². The fraction of sp³-hybridized carbons (Fsp3) is 0.562. The molecule has 2 N–H and O–H groups in total. The lowest BCUT2D eigenvalue weighted by Crippen LogP contribution is -2.42. The molecular formula is C16H23FN2O2. The fourth-order valence-corrected chi connectivity index (χ4v) is 2.86. The van der Waals surface area contributed by atoms with Crippen molar-refractivity contribution in [1.82, 2.24) is 10.2 Å². The van der Waals surface area contributed by atoms with Crippen molar-refractivity contribution >= 4 is 5.91 Å². The average molecular weight is 294 g/mol. The van der Waals surface area contributed by atoms with Gasteiger partial charge in [-0.25, -0.2) is 4.39 Å². The zero-order valence-corrected chi connectivity index (χ0v) is 12.4. The molecule has 1 saturated heterocycles. The maximum Gasteiger partial charge on any atom is 0.216 e. The van der Waals surface area contributed by atoms with Crippen molar-refractivity contribution in [3.05, 3.63) is 35.6 Å². The van der Waals surface area contributed by atoms with Crippen molar-refractivity contribution in [2.24, 2.45) is 5.92 Å². The third-order valence-corrected chi connectivity index (χ3v) is 3.94. The number of aliphatic hydroxyl groups is 1. The van der Waals surface area contributed by atoms with Crippen LogP contribution in [0.25, 0.3) is 0 Å². The van der Waals surface area contributed by atoms with Crippen LogP contribution in [-0.4, -0.2) is 42.1 Å². The Morgan fingerprint density at radius 3 is 3.00 bits per heavy atom. The minimum atomic E-state index is -0.814. The molecule has 2 atom stereocenters. The van der Waals surface area contributed by atoms with Gasteiger partial charge in [-0.1, -0.05) is 18.2 Å². The lowest BCUT2D eigenvalue weighted by atomic mass is 9.97. The van der Waals surface area contributed by atoms with Gasteiger partial charge in [0.15, 0.2) is 0 Å². The van der Waals surface area contributed by atoms with E-state index < -0.39 is 6.10 Å². The number of amides is 1. The first kappa shape index (κ1) is 15.9. The molecular weight excluding hydrogens is 271 g/mol. The van der Waals surface area contributed by atoms with Gasteiger partial charge in [0.05, 0.1) is 6.10 Å². The predicted molar refractivity (Wildman–Crippen MR) is 79.2 cm³/mol. The molecule has 4 nitrogen and oxygen atoms in total. The lowest BCUT2D eigenvalue weighted by Gasteiger charge is -2.34. The first-order valence-corrected chi connectivity index (χ1v) is 7.45. The number of aliphatic hydroxyl groups excluding tert-OH is 1. The number of carbonyl (C=O) groups is 1.